The van der Waals surface area contributed by atoms with Gasteiger partial charge in [-0.25, -0.2) is 4.79 Å². The quantitative estimate of drug-likeness (QED) is 0.845. The second kappa shape index (κ2) is 4.14. The van der Waals surface area contributed by atoms with Gasteiger partial charge in [-0.3, -0.25) is 9.13 Å². The maximum absolute atomic E-state index is 12.1. The molecule has 4 heteroatoms. The summed E-state index contributed by atoms with van der Waals surface area (Å²) in [5, 5.41) is 9.40. The summed E-state index contributed by atoms with van der Waals surface area (Å²) < 4.78 is 3.35. The first-order valence-electron chi connectivity index (χ1n) is 5.51. The number of para-hydroxylation sites is 2. The zero-order valence-corrected chi connectivity index (χ0v) is 9.55. The highest BCUT2D eigenvalue weighted by Gasteiger charge is 2.12. The fourth-order valence-electron chi connectivity index (χ4n) is 2.02. The molecule has 0 fully saturated rings. The summed E-state index contributed by atoms with van der Waals surface area (Å²) in [6.07, 6.45) is -0.520. The molecule has 1 atom stereocenters. The average Bonchev–Trinajstić information content (AvgIpc) is 2.52. The van der Waals surface area contributed by atoms with Crippen molar-refractivity contribution < 1.29 is 5.11 Å². The van der Waals surface area contributed by atoms with E-state index < -0.39 is 6.10 Å². The van der Waals surface area contributed by atoms with E-state index >= 15 is 0 Å². The molecule has 0 saturated carbocycles. The molecule has 2 rings (SSSR count). The molecule has 0 amide bonds. The van der Waals surface area contributed by atoms with Crippen LogP contribution < -0.4 is 5.69 Å². The summed E-state index contributed by atoms with van der Waals surface area (Å²) in [5.41, 5.74) is 1.76. The second-order valence-corrected chi connectivity index (χ2v) is 3.98. The van der Waals surface area contributed by atoms with Crippen LogP contribution in [0.2, 0.25) is 0 Å². The second-order valence-electron chi connectivity index (χ2n) is 3.98. The highest BCUT2D eigenvalue weighted by molar-refractivity contribution is 5.75. The summed E-state index contributed by atoms with van der Waals surface area (Å²) in [6, 6.07) is 7.66. The number of hydrogen-bond acceptors (Lipinski definition) is 2. The molecule has 0 aliphatic carbocycles. The van der Waals surface area contributed by atoms with Crippen LogP contribution in [0.3, 0.4) is 0 Å². The molecule has 0 radical (unpaired) electrons. The Morgan fingerprint density at radius 2 is 1.81 bits per heavy atom. The number of hydrogen-bond donors (Lipinski definition) is 1. The third-order valence-corrected chi connectivity index (χ3v) is 2.69. The Labute approximate surface area is 93.7 Å². The SMILES string of the molecule is CCn1c(=O)n(CC(C)O)c2ccccc21. The molecule has 16 heavy (non-hydrogen) atoms. The maximum atomic E-state index is 12.1. The molecule has 2 aromatic rings. The zero-order valence-electron chi connectivity index (χ0n) is 9.55. The van der Waals surface area contributed by atoms with Crippen molar-refractivity contribution in [2.75, 3.05) is 0 Å². The van der Waals surface area contributed by atoms with E-state index in [1.807, 2.05) is 31.2 Å². The highest BCUT2D eigenvalue weighted by atomic mass is 16.3. The first kappa shape index (κ1) is 11.0. The summed E-state index contributed by atoms with van der Waals surface area (Å²) in [6.45, 7) is 4.61. The van der Waals surface area contributed by atoms with Crippen molar-refractivity contribution in [3.8, 4) is 0 Å². The number of rotatable bonds is 3. The molecular formula is C12H16N2O2. The van der Waals surface area contributed by atoms with E-state index in [0.717, 1.165) is 11.0 Å². The minimum Gasteiger partial charge on any atom is -0.392 e. The lowest BCUT2D eigenvalue weighted by molar-refractivity contribution is 0.173. The molecule has 1 N–H and O–H groups in total. The number of imidazole rings is 1. The van der Waals surface area contributed by atoms with Crippen molar-refractivity contribution >= 4 is 11.0 Å². The summed E-state index contributed by atoms with van der Waals surface area (Å²) in [5.74, 6) is 0. The molecule has 1 aromatic carbocycles. The number of aliphatic hydroxyl groups excluding tert-OH is 1. The molecule has 0 aliphatic rings. The van der Waals surface area contributed by atoms with Crippen LogP contribution in [0.15, 0.2) is 29.1 Å². The number of benzene rings is 1. The minimum absolute atomic E-state index is 0.0513. The summed E-state index contributed by atoms with van der Waals surface area (Å²) >= 11 is 0. The number of fused-ring (bicyclic) bond motifs is 1. The van der Waals surface area contributed by atoms with Gasteiger partial charge in [0.15, 0.2) is 0 Å². The van der Waals surface area contributed by atoms with Gasteiger partial charge in [-0.2, -0.15) is 0 Å². The van der Waals surface area contributed by atoms with Crippen LogP contribution in [0, 0.1) is 0 Å². The molecule has 1 aromatic heterocycles. The smallest absolute Gasteiger partial charge is 0.329 e. The third-order valence-electron chi connectivity index (χ3n) is 2.69. The Morgan fingerprint density at radius 3 is 2.31 bits per heavy atom. The summed E-state index contributed by atoms with van der Waals surface area (Å²) in [7, 11) is 0. The van der Waals surface area contributed by atoms with Crippen LogP contribution in [0.1, 0.15) is 13.8 Å². The number of aryl methyl sites for hydroxylation is 1. The zero-order chi connectivity index (χ0) is 11.7. The van der Waals surface area contributed by atoms with Crippen molar-refractivity contribution in [2.45, 2.75) is 33.0 Å². The van der Waals surface area contributed by atoms with Gasteiger partial charge in [-0.15, -0.1) is 0 Å². The molecular weight excluding hydrogens is 204 g/mol. The van der Waals surface area contributed by atoms with Gasteiger partial charge in [-0.05, 0) is 26.0 Å². The number of nitrogens with zero attached hydrogens (tertiary/aromatic N) is 2. The van der Waals surface area contributed by atoms with Crippen LogP contribution in [0.4, 0.5) is 0 Å². The van der Waals surface area contributed by atoms with Crippen LogP contribution in [0.5, 0.6) is 0 Å². The molecule has 4 nitrogen and oxygen atoms in total. The van der Waals surface area contributed by atoms with E-state index in [1.165, 1.54) is 0 Å². The van der Waals surface area contributed by atoms with Crippen molar-refractivity contribution in [1.82, 2.24) is 9.13 Å². The van der Waals surface area contributed by atoms with Gasteiger partial charge in [0.1, 0.15) is 0 Å². The lowest BCUT2D eigenvalue weighted by Gasteiger charge is -2.04. The van der Waals surface area contributed by atoms with Gasteiger partial charge in [0.25, 0.3) is 0 Å². The van der Waals surface area contributed by atoms with Gasteiger partial charge >= 0.3 is 5.69 Å². The molecule has 1 heterocycles. The van der Waals surface area contributed by atoms with E-state index in [1.54, 1.807) is 16.1 Å². The van der Waals surface area contributed by atoms with Crippen LogP contribution in [0.25, 0.3) is 11.0 Å². The fraction of sp³-hybridized carbons (Fsp3) is 0.417. The molecule has 86 valence electrons. The first-order valence-corrected chi connectivity index (χ1v) is 5.51. The Balaban J connectivity index is 2.72. The number of aromatic nitrogens is 2. The maximum Gasteiger partial charge on any atom is 0.329 e. The first-order chi connectivity index (χ1) is 7.65. The largest absolute Gasteiger partial charge is 0.392 e. The Kier molecular flexibility index (Phi) is 2.83. The van der Waals surface area contributed by atoms with E-state index in [2.05, 4.69) is 0 Å². The fourth-order valence-corrected chi connectivity index (χ4v) is 2.02. The highest BCUT2D eigenvalue weighted by Crippen LogP contribution is 2.12. The van der Waals surface area contributed by atoms with Gasteiger partial charge < -0.3 is 5.11 Å². The minimum atomic E-state index is -0.520. The standard InChI is InChI=1S/C12H16N2O2/c1-3-13-10-6-4-5-7-11(10)14(12(13)16)8-9(2)15/h4-7,9,15H,3,8H2,1-2H3. The molecule has 0 saturated heterocycles. The lowest BCUT2D eigenvalue weighted by atomic mass is 10.3. The van der Waals surface area contributed by atoms with Crippen LogP contribution >= 0.6 is 0 Å². The molecule has 0 aliphatic heterocycles. The van der Waals surface area contributed by atoms with E-state index in [-0.39, 0.29) is 5.69 Å². The van der Waals surface area contributed by atoms with Gasteiger partial charge in [-0.1, -0.05) is 12.1 Å². The van der Waals surface area contributed by atoms with Crippen LogP contribution in [-0.2, 0) is 13.1 Å². The van der Waals surface area contributed by atoms with Crippen molar-refractivity contribution in [3.05, 3.63) is 34.7 Å². The Hall–Kier alpha value is -1.55. The van der Waals surface area contributed by atoms with Crippen LogP contribution in [-0.4, -0.2) is 20.3 Å². The van der Waals surface area contributed by atoms with Crippen molar-refractivity contribution in [2.24, 2.45) is 0 Å². The number of aliphatic hydroxyl groups is 1. The monoisotopic (exact) mass is 220 g/mol. The molecule has 0 bridgehead atoms. The van der Waals surface area contributed by atoms with E-state index in [0.29, 0.717) is 13.1 Å². The Morgan fingerprint density at radius 1 is 1.25 bits per heavy atom. The predicted octanol–water partition coefficient (Wildman–Crippen LogP) is 1.20. The lowest BCUT2D eigenvalue weighted by Crippen LogP contribution is -2.27. The van der Waals surface area contributed by atoms with E-state index in [4.69, 9.17) is 0 Å². The molecule has 1 unspecified atom stereocenters. The van der Waals surface area contributed by atoms with Crippen molar-refractivity contribution in [1.29, 1.82) is 0 Å². The Bertz CT molecular complexity index is 552. The summed E-state index contributed by atoms with van der Waals surface area (Å²) in [4.78, 5) is 12.1. The normalized spacial score (nSPS) is 13.2. The third kappa shape index (κ3) is 1.65. The van der Waals surface area contributed by atoms with Gasteiger partial charge in [0.2, 0.25) is 0 Å². The average molecular weight is 220 g/mol. The van der Waals surface area contributed by atoms with E-state index in [9.17, 15) is 9.90 Å². The van der Waals surface area contributed by atoms with Gasteiger partial charge in [0.05, 0.1) is 23.7 Å². The predicted molar refractivity (Wildman–Crippen MR) is 63.6 cm³/mol. The van der Waals surface area contributed by atoms with Crippen molar-refractivity contribution in [3.63, 3.8) is 0 Å². The molecule has 0 spiro atoms. The topological polar surface area (TPSA) is 47.2 Å². The van der Waals surface area contributed by atoms with Gasteiger partial charge in [0, 0.05) is 6.54 Å².